The summed E-state index contributed by atoms with van der Waals surface area (Å²) in [6.45, 7) is 12.5. The minimum absolute atomic E-state index is 0.140. The van der Waals surface area contributed by atoms with E-state index in [0.717, 1.165) is 12.8 Å². The van der Waals surface area contributed by atoms with Gasteiger partial charge in [0.15, 0.2) is 0 Å². The second kappa shape index (κ2) is 41.4. The number of rotatable bonds is 40. The van der Waals surface area contributed by atoms with Crippen LogP contribution in [-0.2, 0) is 56.9 Å². The molecule has 0 spiro atoms. The Morgan fingerprint density at radius 2 is 0.644 bits per heavy atom. The number of halogens is 1. The highest BCUT2D eigenvalue weighted by Gasteiger charge is 2.03. The van der Waals surface area contributed by atoms with Crippen molar-refractivity contribution in [1.82, 2.24) is 0 Å². The average molecular weight is 675 g/mol. The lowest BCUT2D eigenvalue weighted by molar-refractivity contribution is -0.145. The van der Waals surface area contributed by atoms with E-state index in [4.69, 9.17) is 63.7 Å². The van der Waals surface area contributed by atoms with E-state index < -0.39 is 0 Å². The topological polar surface area (TPSA) is 119 Å². The smallest absolute Gasteiger partial charge is 0.305 e. The van der Waals surface area contributed by atoms with Gasteiger partial charge >= 0.3 is 5.97 Å². The van der Waals surface area contributed by atoms with Crippen molar-refractivity contribution in [2.45, 2.75) is 58.3 Å². The maximum absolute atomic E-state index is 11.7. The summed E-state index contributed by atoms with van der Waals surface area (Å²) in [5.41, 5.74) is 0. The summed E-state index contributed by atoms with van der Waals surface area (Å²) in [5.74, 6) is 0.356. The fourth-order valence-electron chi connectivity index (χ4n) is 3.65. The standard InChI is InChI=1S/C32H63ClO12/c1-2-3-4-5-6-7-8-9-32(34)45-31-30-44-29-28-43-27-26-42-25-24-41-23-22-40-21-20-39-19-18-38-17-16-37-15-14-36-13-12-35-11-10-33/h2-31H2,1H3. The molecule has 0 aromatic rings. The van der Waals surface area contributed by atoms with Gasteiger partial charge in [0.25, 0.3) is 0 Å². The molecule has 0 saturated carbocycles. The Balaban J connectivity index is 3.09. The van der Waals surface area contributed by atoms with Crippen LogP contribution < -0.4 is 0 Å². The van der Waals surface area contributed by atoms with Crippen molar-refractivity contribution in [1.29, 1.82) is 0 Å². The number of carbonyl (C=O) groups excluding carboxylic acids is 1. The number of esters is 1. The molecule has 12 nitrogen and oxygen atoms in total. The van der Waals surface area contributed by atoms with Gasteiger partial charge in [0, 0.05) is 12.3 Å². The summed E-state index contributed by atoms with van der Waals surface area (Å²) < 4.78 is 59.4. The van der Waals surface area contributed by atoms with Crippen molar-refractivity contribution in [3.63, 3.8) is 0 Å². The molecular weight excluding hydrogens is 612 g/mol. The highest BCUT2D eigenvalue weighted by Crippen LogP contribution is 2.08. The van der Waals surface area contributed by atoms with Gasteiger partial charge in [-0.3, -0.25) is 4.79 Å². The van der Waals surface area contributed by atoms with Gasteiger partial charge in [0.05, 0.1) is 132 Å². The summed E-state index contributed by atoms with van der Waals surface area (Å²) in [4.78, 5) is 11.7. The number of unbranched alkanes of at least 4 members (excludes halogenated alkanes) is 6. The molecule has 13 heteroatoms. The van der Waals surface area contributed by atoms with Crippen molar-refractivity contribution in [3.05, 3.63) is 0 Å². The van der Waals surface area contributed by atoms with E-state index in [-0.39, 0.29) is 12.6 Å². The molecule has 0 bridgehead atoms. The van der Waals surface area contributed by atoms with Crippen LogP contribution >= 0.6 is 11.6 Å². The molecule has 0 aliphatic rings. The molecule has 0 amide bonds. The normalized spacial score (nSPS) is 11.4. The molecule has 0 rings (SSSR count). The molecule has 0 atom stereocenters. The SMILES string of the molecule is CCCCCCCCCC(=O)OCCOCCOCCOCCOCCOCCOCCOCCOCCOCCOCCCl. The first-order valence-electron chi connectivity index (χ1n) is 16.8. The van der Waals surface area contributed by atoms with E-state index in [2.05, 4.69) is 6.92 Å². The Bertz CT molecular complexity index is 562. The molecule has 0 radical (unpaired) electrons. The fraction of sp³-hybridized carbons (Fsp3) is 0.969. The lowest BCUT2D eigenvalue weighted by Crippen LogP contribution is -2.15. The first kappa shape index (κ1) is 44.4. The first-order chi connectivity index (χ1) is 22.3. The van der Waals surface area contributed by atoms with E-state index >= 15 is 0 Å². The van der Waals surface area contributed by atoms with E-state index in [1.807, 2.05) is 0 Å². The van der Waals surface area contributed by atoms with Crippen LogP contribution in [0.5, 0.6) is 0 Å². The molecule has 0 aromatic carbocycles. The summed E-state index contributed by atoms with van der Waals surface area (Å²) in [7, 11) is 0. The van der Waals surface area contributed by atoms with Crippen LogP contribution in [0.25, 0.3) is 0 Å². The quantitative estimate of drug-likeness (QED) is 0.0530. The zero-order chi connectivity index (χ0) is 32.6. The Morgan fingerprint density at radius 1 is 0.378 bits per heavy atom. The highest BCUT2D eigenvalue weighted by molar-refractivity contribution is 6.17. The van der Waals surface area contributed by atoms with Crippen LogP contribution in [-0.4, -0.2) is 151 Å². The zero-order valence-electron chi connectivity index (χ0n) is 28.0. The van der Waals surface area contributed by atoms with Crippen molar-refractivity contribution >= 4 is 17.6 Å². The van der Waals surface area contributed by atoms with Gasteiger partial charge in [0.1, 0.15) is 6.61 Å². The molecule has 0 unspecified atom stereocenters. The van der Waals surface area contributed by atoms with Crippen molar-refractivity contribution < 1.29 is 56.9 Å². The second-order valence-electron chi connectivity index (χ2n) is 9.90. The number of ether oxygens (including phenoxy) is 11. The molecule has 0 aliphatic carbocycles. The van der Waals surface area contributed by atoms with Crippen LogP contribution in [0.4, 0.5) is 0 Å². The lowest BCUT2D eigenvalue weighted by Gasteiger charge is -2.09. The third-order valence-electron chi connectivity index (χ3n) is 6.04. The Kier molecular flexibility index (Phi) is 40.8. The fourth-order valence-corrected chi connectivity index (χ4v) is 3.76. The van der Waals surface area contributed by atoms with Gasteiger partial charge < -0.3 is 52.1 Å². The maximum Gasteiger partial charge on any atom is 0.305 e. The van der Waals surface area contributed by atoms with Crippen LogP contribution in [0.3, 0.4) is 0 Å². The number of hydrogen-bond donors (Lipinski definition) is 0. The average Bonchev–Trinajstić information content (AvgIpc) is 3.05. The summed E-state index contributed by atoms with van der Waals surface area (Å²) >= 11 is 5.51. The summed E-state index contributed by atoms with van der Waals surface area (Å²) in [5, 5.41) is 0. The predicted octanol–water partition coefficient (Wildman–Crippen LogP) is 4.08. The maximum atomic E-state index is 11.7. The molecule has 0 aliphatic heterocycles. The van der Waals surface area contributed by atoms with Gasteiger partial charge in [0.2, 0.25) is 0 Å². The third-order valence-corrected chi connectivity index (χ3v) is 6.20. The van der Waals surface area contributed by atoms with Gasteiger partial charge in [-0.15, -0.1) is 11.6 Å². The van der Waals surface area contributed by atoms with Gasteiger partial charge in [-0.1, -0.05) is 45.4 Å². The Labute approximate surface area is 277 Å². The monoisotopic (exact) mass is 674 g/mol. The molecule has 0 saturated heterocycles. The van der Waals surface area contributed by atoms with Crippen LogP contribution in [0.2, 0.25) is 0 Å². The Hall–Kier alpha value is -0.640. The number of carbonyl (C=O) groups is 1. The predicted molar refractivity (Wildman–Crippen MR) is 172 cm³/mol. The molecule has 45 heavy (non-hydrogen) atoms. The molecule has 0 heterocycles. The molecule has 0 N–H and O–H groups in total. The van der Waals surface area contributed by atoms with Gasteiger partial charge in [-0.2, -0.15) is 0 Å². The highest BCUT2D eigenvalue weighted by atomic mass is 35.5. The number of alkyl halides is 1. The van der Waals surface area contributed by atoms with Gasteiger partial charge in [-0.25, -0.2) is 0 Å². The van der Waals surface area contributed by atoms with E-state index in [1.165, 1.54) is 32.1 Å². The van der Waals surface area contributed by atoms with E-state index in [9.17, 15) is 4.79 Å². The van der Waals surface area contributed by atoms with E-state index in [1.54, 1.807) is 0 Å². The Morgan fingerprint density at radius 3 is 0.956 bits per heavy atom. The number of hydrogen-bond acceptors (Lipinski definition) is 12. The van der Waals surface area contributed by atoms with Crippen LogP contribution in [0, 0.1) is 0 Å². The molecular formula is C32H63ClO12. The van der Waals surface area contributed by atoms with E-state index in [0.29, 0.717) is 144 Å². The summed E-state index contributed by atoms with van der Waals surface area (Å²) in [6, 6.07) is 0. The molecule has 0 aromatic heterocycles. The third kappa shape index (κ3) is 41.3. The first-order valence-corrected chi connectivity index (χ1v) is 17.3. The molecule has 270 valence electrons. The lowest BCUT2D eigenvalue weighted by atomic mass is 10.1. The van der Waals surface area contributed by atoms with Gasteiger partial charge in [-0.05, 0) is 6.42 Å². The minimum atomic E-state index is -0.140. The largest absolute Gasteiger partial charge is 0.463 e. The van der Waals surface area contributed by atoms with Crippen LogP contribution in [0.1, 0.15) is 58.3 Å². The van der Waals surface area contributed by atoms with Crippen molar-refractivity contribution in [3.8, 4) is 0 Å². The second-order valence-corrected chi connectivity index (χ2v) is 10.3. The van der Waals surface area contributed by atoms with Crippen LogP contribution in [0.15, 0.2) is 0 Å². The molecule has 0 fully saturated rings. The van der Waals surface area contributed by atoms with Crippen molar-refractivity contribution in [2.24, 2.45) is 0 Å². The minimum Gasteiger partial charge on any atom is -0.463 e. The summed E-state index contributed by atoms with van der Waals surface area (Å²) in [6.07, 6.45) is 8.80. The zero-order valence-corrected chi connectivity index (χ0v) is 28.7. The van der Waals surface area contributed by atoms with Crippen molar-refractivity contribution in [2.75, 3.05) is 145 Å².